The van der Waals surface area contributed by atoms with E-state index in [9.17, 15) is 4.79 Å². The zero-order valence-electron chi connectivity index (χ0n) is 13.0. The first-order chi connectivity index (χ1) is 10.8. The highest BCUT2D eigenvalue weighted by Crippen LogP contribution is 2.19. The van der Waals surface area contributed by atoms with Gasteiger partial charge in [0.1, 0.15) is 0 Å². The molecule has 1 amide bonds. The van der Waals surface area contributed by atoms with Gasteiger partial charge in [0, 0.05) is 19.0 Å². The lowest BCUT2D eigenvalue weighted by molar-refractivity contribution is -0.126. The summed E-state index contributed by atoms with van der Waals surface area (Å²) in [5.41, 5.74) is 1.33. The van der Waals surface area contributed by atoms with Crippen LogP contribution < -0.4 is 5.32 Å². The number of amides is 1. The number of nitrogens with zero attached hydrogens (tertiary/aromatic N) is 1. The summed E-state index contributed by atoms with van der Waals surface area (Å²) in [4.78, 5) is 14.5. The van der Waals surface area contributed by atoms with E-state index >= 15 is 0 Å². The molecule has 1 aromatic carbocycles. The fraction of sp³-hybridized carbons (Fsp3) is 0.588. The number of likely N-dealkylation sites (tertiary alicyclic amines) is 1. The number of carbonyl (C=O) groups excluding carboxylic acids is 1. The van der Waals surface area contributed by atoms with E-state index in [0.717, 1.165) is 32.5 Å². The molecule has 1 aliphatic heterocycles. The first-order valence-corrected chi connectivity index (χ1v) is 8.02. The van der Waals surface area contributed by atoms with Crippen molar-refractivity contribution in [2.75, 3.05) is 39.5 Å². The Kier molecular flexibility index (Phi) is 7.36. The molecule has 0 saturated carbocycles. The molecule has 0 atom stereocenters. The largest absolute Gasteiger partial charge is 0.394 e. The maximum Gasteiger partial charge on any atom is 0.223 e. The van der Waals surface area contributed by atoms with Crippen molar-refractivity contribution in [3.8, 4) is 0 Å². The average Bonchev–Trinajstić information content (AvgIpc) is 2.56. The Hall–Kier alpha value is -1.43. The molecule has 1 fully saturated rings. The summed E-state index contributed by atoms with van der Waals surface area (Å²) < 4.78 is 5.13. The number of carbonyl (C=O) groups is 1. The number of aliphatic hydroxyl groups excluding tert-OH is 1. The number of rotatable bonds is 8. The van der Waals surface area contributed by atoms with E-state index in [1.807, 2.05) is 6.07 Å². The third-order valence-corrected chi connectivity index (χ3v) is 3.99. The van der Waals surface area contributed by atoms with Gasteiger partial charge in [0.25, 0.3) is 0 Å². The van der Waals surface area contributed by atoms with Gasteiger partial charge in [-0.2, -0.15) is 0 Å². The summed E-state index contributed by atoms with van der Waals surface area (Å²) in [7, 11) is 0. The van der Waals surface area contributed by atoms with Gasteiger partial charge in [-0.3, -0.25) is 9.69 Å². The molecule has 1 aliphatic rings. The number of aliphatic hydroxyl groups is 1. The Balaban J connectivity index is 1.63. The van der Waals surface area contributed by atoms with Gasteiger partial charge in [0.15, 0.2) is 0 Å². The predicted octanol–water partition coefficient (Wildman–Crippen LogP) is 1.02. The van der Waals surface area contributed by atoms with E-state index < -0.39 is 0 Å². The van der Waals surface area contributed by atoms with Gasteiger partial charge in [-0.1, -0.05) is 30.3 Å². The van der Waals surface area contributed by atoms with Crippen LogP contribution in [0.3, 0.4) is 0 Å². The molecule has 2 N–H and O–H groups in total. The van der Waals surface area contributed by atoms with Crippen molar-refractivity contribution >= 4 is 5.91 Å². The number of hydrogen-bond donors (Lipinski definition) is 2. The van der Waals surface area contributed by atoms with Crippen molar-refractivity contribution in [3.63, 3.8) is 0 Å². The van der Waals surface area contributed by atoms with Gasteiger partial charge in [-0.15, -0.1) is 0 Å². The summed E-state index contributed by atoms with van der Waals surface area (Å²) in [6.07, 6.45) is 1.83. The number of nitrogens with one attached hydrogen (secondary N) is 1. The Morgan fingerprint density at radius 3 is 2.64 bits per heavy atom. The molecular formula is C17H26N2O3. The molecule has 0 unspecified atom stereocenters. The molecule has 122 valence electrons. The number of piperidine rings is 1. The number of ether oxygens (including phenoxy) is 1. The minimum absolute atomic E-state index is 0.0216. The third-order valence-electron chi connectivity index (χ3n) is 3.99. The van der Waals surface area contributed by atoms with Gasteiger partial charge >= 0.3 is 0 Å². The fourth-order valence-electron chi connectivity index (χ4n) is 2.75. The van der Waals surface area contributed by atoms with E-state index in [1.54, 1.807) is 0 Å². The lowest BCUT2D eigenvalue weighted by atomic mass is 9.95. The van der Waals surface area contributed by atoms with Gasteiger partial charge in [0.2, 0.25) is 5.91 Å². The molecule has 5 heteroatoms. The molecule has 22 heavy (non-hydrogen) atoms. The van der Waals surface area contributed by atoms with Crippen LogP contribution in [0.1, 0.15) is 18.4 Å². The first-order valence-electron chi connectivity index (χ1n) is 8.02. The second-order valence-electron chi connectivity index (χ2n) is 5.66. The topological polar surface area (TPSA) is 61.8 Å². The lowest BCUT2D eigenvalue weighted by Crippen LogP contribution is -2.41. The van der Waals surface area contributed by atoms with Crippen LogP contribution in [-0.4, -0.2) is 55.4 Å². The molecule has 0 bridgehead atoms. The van der Waals surface area contributed by atoms with Crippen molar-refractivity contribution in [1.82, 2.24) is 10.2 Å². The smallest absolute Gasteiger partial charge is 0.223 e. The van der Waals surface area contributed by atoms with E-state index in [4.69, 9.17) is 9.84 Å². The standard InChI is InChI=1S/C17H26N2O3/c20-11-13-22-12-8-18-17(21)16-6-9-19(10-7-16)14-15-4-2-1-3-5-15/h1-5,16,20H,6-14H2,(H,18,21). The van der Waals surface area contributed by atoms with Crippen molar-refractivity contribution in [3.05, 3.63) is 35.9 Å². The number of benzene rings is 1. The fourth-order valence-corrected chi connectivity index (χ4v) is 2.75. The second kappa shape index (κ2) is 9.56. The van der Waals surface area contributed by atoms with Gasteiger partial charge in [-0.05, 0) is 31.5 Å². The normalized spacial score (nSPS) is 16.6. The van der Waals surface area contributed by atoms with Crippen LogP contribution in [0.25, 0.3) is 0 Å². The van der Waals surface area contributed by atoms with Gasteiger partial charge < -0.3 is 15.2 Å². The van der Waals surface area contributed by atoms with Gasteiger partial charge in [-0.25, -0.2) is 0 Å². The molecule has 0 radical (unpaired) electrons. The van der Waals surface area contributed by atoms with Crippen LogP contribution in [0.2, 0.25) is 0 Å². The Labute approximate surface area is 132 Å². The van der Waals surface area contributed by atoms with Crippen LogP contribution in [0, 0.1) is 5.92 Å². The molecule has 1 aromatic rings. The Morgan fingerprint density at radius 1 is 1.23 bits per heavy atom. The van der Waals surface area contributed by atoms with E-state index in [2.05, 4.69) is 34.5 Å². The summed E-state index contributed by atoms with van der Waals surface area (Å²) in [6.45, 7) is 4.22. The van der Waals surface area contributed by atoms with Crippen LogP contribution >= 0.6 is 0 Å². The highest BCUT2D eigenvalue weighted by molar-refractivity contribution is 5.78. The van der Waals surface area contributed by atoms with Gasteiger partial charge in [0.05, 0.1) is 19.8 Å². The molecule has 0 spiro atoms. The maximum absolute atomic E-state index is 12.1. The molecule has 0 aliphatic carbocycles. The van der Waals surface area contributed by atoms with E-state index in [0.29, 0.717) is 19.8 Å². The first kappa shape index (κ1) is 16.9. The van der Waals surface area contributed by atoms with E-state index in [1.165, 1.54) is 5.56 Å². The maximum atomic E-state index is 12.1. The monoisotopic (exact) mass is 306 g/mol. The summed E-state index contributed by atoms with van der Waals surface area (Å²) in [5, 5.41) is 11.5. The van der Waals surface area contributed by atoms with Crippen LogP contribution in [-0.2, 0) is 16.1 Å². The molecule has 5 nitrogen and oxygen atoms in total. The summed E-state index contributed by atoms with van der Waals surface area (Å²) >= 11 is 0. The molecule has 1 saturated heterocycles. The molecular weight excluding hydrogens is 280 g/mol. The Bertz CT molecular complexity index is 431. The van der Waals surface area contributed by atoms with E-state index in [-0.39, 0.29) is 18.4 Å². The molecule has 2 rings (SSSR count). The van der Waals surface area contributed by atoms with Crippen molar-refractivity contribution in [1.29, 1.82) is 0 Å². The second-order valence-corrected chi connectivity index (χ2v) is 5.66. The van der Waals surface area contributed by atoms with Crippen molar-refractivity contribution in [2.45, 2.75) is 19.4 Å². The highest BCUT2D eigenvalue weighted by atomic mass is 16.5. The van der Waals surface area contributed by atoms with Crippen molar-refractivity contribution in [2.24, 2.45) is 5.92 Å². The third kappa shape index (κ3) is 5.75. The van der Waals surface area contributed by atoms with Crippen LogP contribution in [0.15, 0.2) is 30.3 Å². The molecule has 0 aromatic heterocycles. The summed E-state index contributed by atoms with van der Waals surface area (Å²) in [5.74, 6) is 0.247. The highest BCUT2D eigenvalue weighted by Gasteiger charge is 2.24. The minimum atomic E-state index is 0.0216. The van der Waals surface area contributed by atoms with Crippen molar-refractivity contribution < 1.29 is 14.6 Å². The minimum Gasteiger partial charge on any atom is -0.394 e. The SMILES string of the molecule is O=C(NCCOCCO)C1CCN(Cc2ccccc2)CC1. The average molecular weight is 306 g/mol. The van der Waals surface area contributed by atoms with Crippen LogP contribution in [0.5, 0.6) is 0 Å². The number of hydrogen-bond acceptors (Lipinski definition) is 4. The zero-order chi connectivity index (χ0) is 15.6. The lowest BCUT2D eigenvalue weighted by Gasteiger charge is -2.31. The predicted molar refractivity (Wildman–Crippen MR) is 85.4 cm³/mol. The zero-order valence-corrected chi connectivity index (χ0v) is 13.0. The Morgan fingerprint density at radius 2 is 1.95 bits per heavy atom. The molecule has 1 heterocycles. The quantitative estimate of drug-likeness (QED) is 0.704. The summed E-state index contributed by atoms with van der Waals surface area (Å²) in [6, 6.07) is 10.4. The van der Waals surface area contributed by atoms with Crippen LogP contribution in [0.4, 0.5) is 0 Å².